The van der Waals surface area contributed by atoms with E-state index in [4.69, 9.17) is 0 Å². The Hall–Kier alpha value is -3.16. The molecule has 1 aromatic heterocycles. The summed E-state index contributed by atoms with van der Waals surface area (Å²) in [4.78, 5) is 41.5. The van der Waals surface area contributed by atoms with Gasteiger partial charge >= 0.3 is 6.03 Å². The second kappa shape index (κ2) is 8.65. The van der Waals surface area contributed by atoms with Gasteiger partial charge in [-0.25, -0.2) is 4.79 Å². The molecule has 4 amide bonds. The molecule has 1 N–H and O–H groups in total. The number of likely N-dealkylation sites (N-methyl/N-ethyl adjacent to an activating group) is 1. The third-order valence-electron chi connectivity index (χ3n) is 6.64. The summed E-state index contributed by atoms with van der Waals surface area (Å²) in [6, 6.07) is 9.55. The summed E-state index contributed by atoms with van der Waals surface area (Å²) in [7, 11) is 1.68. The molecule has 1 aliphatic heterocycles. The van der Waals surface area contributed by atoms with Crippen LogP contribution < -0.4 is 5.32 Å². The van der Waals surface area contributed by atoms with Crippen LogP contribution in [0.25, 0.3) is 0 Å². The van der Waals surface area contributed by atoms with Gasteiger partial charge in [0.15, 0.2) is 0 Å². The van der Waals surface area contributed by atoms with E-state index in [1.54, 1.807) is 13.2 Å². The highest BCUT2D eigenvalue weighted by molar-refractivity contribution is 6.09. The fraction of sp³-hybridized carbons (Fsp3) is 0.520. The maximum atomic E-state index is 13.3. The minimum atomic E-state index is -0.893. The SMILES string of the molecule is CC1CC(C)(C)CC2(C1)NC(=O)N(CC(=O)N(C)Cc1cnn(Cc3ccccc3)c1)C2=O. The third kappa shape index (κ3) is 4.94. The maximum Gasteiger partial charge on any atom is 0.325 e. The van der Waals surface area contributed by atoms with Crippen molar-refractivity contribution in [2.75, 3.05) is 13.6 Å². The van der Waals surface area contributed by atoms with Gasteiger partial charge in [-0.05, 0) is 36.2 Å². The smallest absolute Gasteiger partial charge is 0.325 e. The van der Waals surface area contributed by atoms with E-state index < -0.39 is 11.6 Å². The van der Waals surface area contributed by atoms with E-state index in [0.29, 0.717) is 31.8 Å². The molecule has 2 unspecified atom stereocenters. The first kappa shape index (κ1) is 23.0. The van der Waals surface area contributed by atoms with E-state index in [1.807, 2.05) is 41.2 Å². The molecule has 8 nitrogen and oxygen atoms in total. The lowest BCUT2D eigenvalue weighted by Crippen LogP contribution is -2.54. The number of imide groups is 1. The molecule has 1 spiro atoms. The summed E-state index contributed by atoms with van der Waals surface area (Å²) in [5.74, 6) is -0.234. The van der Waals surface area contributed by atoms with E-state index in [0.717, 1.165) is 22.4 Å². The van der Waals surface area contributed by atoms with Crippen molar-refractivity contribution in [2.24, 2.45) is 11.3 Å². The van der Waals surface area contributed by atoms with Crippen LogP contribution in [0, 0.1) is 11.3 Å². The third-order valence-corrected chi connectivity index (χ3v) is 6.64. The fourth-order valence-electron chi connectivity index (χ4n) is 5.61. The van der Waals surface area contributed by atoms with Gasteiger partial charge in [-0.3, -0.25) is 19.2 Å². The zero-order valence-corrected chi connectivity index (χ0v) is 19.9. The molecular weight excluding hydrogens is 418 g/mol. The number of carbonyl (C=O) groups excluding carboxylic acids is 3. The van der Waals surface area contributed by atoms with Gasteiger partial charge in [-0.1, -0.05) is 51.1 Å². The van der Waals surface area contributed by atoms with Crippen molar-refractivity contribution in [1.29, 1.82) is 0 Å². The van der Waals surface area contributed by atoms with Crippen molar-refractivity contribution in [2.45, 2.75) is 58.7 Å². The molecule has 0 bridgehead atoms. The van der Waals surface area contributed by atoms with Gasteiger partial charge in [0.2, 0.25) is 5.91 Å². The Labute approximate surface area is 194 Å². The molecule has 176 valence electrons. The van der Waals surface area contributed by atoms with E-state index >= 15 is 0 Å². The Kier molecular flexibility index (Phi) is 6.03. The largest absolute Gasteiger partial charge is 0.340 e. The summed E-state index contributed by atoms with van der Waals surface area (Å²) >= 11 is 0. The van der Waals surface area contributed by atoms with Crippen molar-refractivity contribution in [3.8, 4) is 0 Å². The van der Waals surface area contributed by atoms with Gasteiger partial charge < -0.3 is 10.2 Å². The maximum absolute atomic E-state index is 13.3. The molecule has 1 aromatic carbocycles. The molecule has 4 rings (SSSR count). The number of benzene rings is 1. The number of rotatable bonds is 6. The molecular formula is C25H33N5O3. The van der Waals surface area contributed by atoms with Gasteiger partial charge in [-0.15, -0.1) is 0 Å². The van der Waals surface area contributed by atoms with Crippen molar-refractivity contribution < 1.29 is 14.4 Å². The standard InChI is InChI=1S/C25H33N5O3/c1-18-10-24(2,3)17-25(11-18)22(32)30(23(33)27-25)16-21(31)28(4)13-20-12-26-29(15-20)14-19-8-6-5-7-9-19/h5-9,12,15,18H,10-11,13-14,16-17H2,1-4H3,(H,27,33). The number of urea groups is 1. The van der Waals surface area contributed by atoms with Crippen LogP contribution in [0.15, 0.2) is 42.7 Å². The van der Waals surface area contributed by atoms with Crippen LogP contribution in [-0.4, -0.2) is 56.6 Å². The average molecular weight is 452 g/mol. The zero-order valence-electron chi connectivity index (χ0n) is 19.9. The quantitative estimate of drug-likeness (QED) is 0.684. The van der Waals surface area contributed by atoms with Gasteiger partial charge in [0.25, 0.3) is 5.91 Å². The lowest BCUT2D eigenvalue weighted by Gasteiger charge is -2.43. The molecule has 2 aliphatic rings. The first-order valence-electron chi connectivity index (χ1n) is 11.5. The van der Waals surface area contributed by atoms with Crippen LogP contribution in [0.2, 0.25) is 0 Å². The Morgan fingerprint density at radius 1 is 1.18 bits per heavy atom. The lowest BCUT2D eigenvalue weighted by atomic mass is 9.64. The highest BCUT2D eigenvalue weighted by Gasteiger charge is 2.56. The Morgan fingerprint density at radius 2 is 1.91 bits per heavy atom. The van der Waals surface area contributed by atoms with Crippen molar-refractivity contribution in [3.63, 3.8) is 0 Å². The van der Waals surface area contributed by atoms with Crippen LogP contribution >= 0.6 is 0 Å². The molecule has 2 fully saturated rings. The van der Waals surface area contributed by atoms with Gasteiger partial charge in [0.05, 0.1) is 12.7 Å². The van der Waals surface area contributed by atoms with E-state index in [-0.39, 0.29) is 23.8 Å². The number of nitrogens with zero attached hydrogens (tertiary/aromatic N) is 4. The first-order chi connectivity index (χ1) is 15.6. The molecule has 2 atom stereocenters. The number of nitrogens with one attached hydrogen (secondary N) is 1. The number of amides is 4. The lowest BCUT2D eigenvalue weighted by molar-refractivity contribution is -0.140. The van der Waals surface area contributed by atoms with Crippen LogP contribution in [0.4, 0.5) is 4.79 Å². The summed E-state index contributed by atoms with van der Waals surface area (Å²) in [6.45, 7) is 7.12. The van der Waals surface area contributed by atoms with Gasteiger partial charge in [0.1, 0.15) is 12.1 Å². The molecule has 33 heavy (non-hydrogen) atoms. The first-order valence-corrected chi connectivity index (χ1v) is 11.5. The van der Waals surface area contributed by atoms with Crippen LogP contribution in [0.3, 0.4) is 0 Å². The number of hydrogen-bond donors (Lipinski definition) is 1. The second-order valence-corrected chi connectivity index (χ2v) is 10.5. The number of hydrogen-bond acceptors (Lipinski definition) is 4. The average Bonchev–Trinajstić information content (AvgIpc) is 3.24. The van der Waals surface area contributed by atoms with Gasteiger partial charge in [0, 0.05) is 25.4 Å². The monoisotopic (exact) mass is 451 g/mol. The van der Waals surface area contributed by atoms with E-state index in [9.17, 15) is 14.4 Å². The van der Waals surface area contributed by atoms with E-state index in [2.05, 4.69) is 31.2 Å². The topological polar surface area (TPSA) is 87.5 Å². The zero-order chi connectivity index (χ0) is 23.8. The van der Waals surface area contributed by atoms with Gasteiger partial charge in [-0.2, -0.15) is 5.10 Å². The molecule has 8 heteroatoms. The van der Waals surface area contributed by atoms with E-state index in [1.165, 1.54) is 4.90 Å². The Bertz CT molecular complexity index is 1050. The van der Waals surface area contributed by atoms with Crippen LogP contribution in [-0.2, 0) is 22.7 Å². The predicted octanol–water partition coefficient (Wildman–Crippen LogP) is 3.03. The highest BCUT2D eigenvalue weighted by Crippen LogP contribution is 2.46. The highest BCUT2D eigenvalue weighted by atomic mass is 16.2. The summed E-state index contributed by atoms with van der Waals surface area (Å²) < 4.78 is 1.83. The molecule has 2 aromatic rings. The second-order valence-electron chi connectivity index (χ2n) is 10.5. The van der Waals surface area contributed by atoms with Crippen molar-refractivity contribution >= 4 is 17.8 Å². The minimum absolute atomic E-state index is 0.0443. The predicted molar refractivity (Wildman–Crippen MR) is 124 cm³/mol. The van der Waals surface area contributed by atoms with Crippen molar-refractivity contribution in [1.82, 2.24) is 24.9 Å². The molecule has 1 saturated carbocycles. The number of aromatic nitrogens is 2. The minimum Gasteiger partial charge on any atom is -0.340 e. The molecule has 0 radical (unpaired) electrons. The summed E-state index contributed by atoms with van der Waals surface area (Å²) in [5, 5.41) is 7.31. The molecule has 2 heterocycles. The Morgan fingerprint density at radius 3 is 2.61 bits per heavy atom. The molecule has 1 aliphatic carbocycles. The van der Waals surface area contributed by atoms with Crippen LogP contribution in [0.5, 0.6) is 0 Å². The number of carbonyl (C=O) groups is 3. The molecule has 1 saturated heterocycles. The fourth-order valence-corrected chi connectivity index (χ4v) is 5.61. The van der Waals surface area contributed by atoms with Crippen LogP contribution in [0.1, 0.15) is 51.2 Å². The Balaban J connectivity index is 1.37. The normalized spacial score (nSPS) is 24.2. The summed E-state index contributed by atoms with van der Waals surface area (Å²) in [5.41, 5.74) is 1.09. The summed E-state index contributed by atoms with van der Waals surface area (Å²) in [6.07, 6.45) is 5.86. The van der Waals surface area contributed by atoms with Crippen molar-refractivity contribution in [3.05, 3.63) is 53.9 Å².